The maximum atomic E-state index is 9.41. The van der Waals surface area contributed by atoms with Crippen LogP contribution >= 0.6 is 15.9 Å². The Balaban J connectivity index is 1.90. The van der Waals surface area contributed by atoms with Crippen molar-refractivity contribution in [2.24, 2.45) is 0 Å². The number of aliphatic hydroxyl groups is 1. The van der Waals surface area contributed by atoms with Crippen LogP contribution in [0.25, 0.3) is 0 Å². The molecule has 2 aliphatic rings. The maximum absolute atomic E-state index is 9.41. The summed E-state index contributed by atoms with van der Waals surface area (Å²) in [7, 11) is 0. The minimum atomic E-state index is 0.0926. The third-order valence-corrected chi connectivity index (χ3v) is 4.10. The Labute approximate surface area is 110 Å². The molecule has 2 unspecified atom stereocenters. The summed E-state index contributed by atoms with van der Waals surface area (Å²) in [6, 6.07) is 6.05. The standard InChI is InChI=1S/C13H16BrNO2/c14-10-2-1-9(8-16)13(5-10)15-6-11-3-4-12(7-15)17-11/h1-2,5,11-12,16H,3-4,6-8H2. The van der Waals surface area contributed by atoms with Gasteiger partial charge in [-0.05, 0) is 25.0 Å². The van der Waals surface area contributed by atoms with Crippen molar-refractivity contribution in [2.75, 3.05) is 18.0 Å². The van der Waals surface area contributed by atoms with E-state index >= 15 is 0 Å². The first-order chi connectivity index (χ1) is 8.26. The topological polar surface area (TPSA) is 32.7 Å². The Morgan fingerprint density at radius 2 is 2.00 bits per heavy atom. The van der Waals surface area contributed by atoms with Gasteiger partial charge >= 0.3 is 0 Å². The smallest absolute Gasteiger partial charge is 0.0755 e. The zero-order chi connectivity index (χ0) is 11.8. The van der Waals surface area contributed by atoms with Crippen LogP contribution in [0.1, 0.15) is 18.4 Å². The zero-order valence-corrected chi connectivity index (χ0v) is 11.2. The van der Waals surface area contributed by atoms with E-state index in [1.807, 2.05) is 12.1 Å². The molecule has 92 valence electrons. The molecule has 0 aromatic heterocycles. The second-order valence-electron chi connectivity index (χ2n) is 4.79. The SMILES string of the molecule is OCc1ccc(Br)cc1N1CC2CCC(C1)O2. The molecule has 0 spiro atoms. The number of nitrogens with zero attached hydrogens (tertiary/aromatic N) is 1. The van der Waals surface area contributed by atoms with Crippen LogP contribution in [-0.4, -0.2) is 30.4 Å². The van der Waals surface area contributed by atoms with Crippen LogP contribution in [0.2, 0.25) is 0 Å². The van der Waals surface area contributed by atoms with Crippen molar-refractivity contribution < 1.29 is 9.84 Å². The summed E-state index contributed by atoms with van der Waals surface area (Å²) in [5.74, 6) is 0. The van der Waals surface area contributed by atoms with Gasteiger partial charge < -0.3 is 14.7 Å². The molecule has 3 rings (SSSR count). The monoisotopic (exact) mass is 297 g/mol. The van der Waals surface area contributed by atoms with Crippen molar-refractivity contribution in [3.63, 3.8) is 0 Å². The molecule has 0 radical (unpaired) electrons. The molecule has 1 aromatic rings. The van der Waals surface area contributed by atoms with Gasteiger partial charge in [0.25, 0.3) is 0 Å². The van der Waals surface area contributed by atoms with Crippen molar-refractivity contribution in [3.05, 3.63) is 28.2 Å². The van der Waals surface area contributed by atoms with Crippen molar-refractivity contribution >= 4 is 21.6 Å². The molecule has 2 aliphatic heterocycles. The minimum absolute atomic E-state index is 0.0926. The van der Waals surface area contributed by atoms with Crippen LogP contribution in [0.3, 0.4) is 0 Å². The van der Waals surface area contributed by atoms with Crippen LogP contribution in [0.15, 0.2) is 22.7 Å². The number of morpholine rings is 1. The van der Waals surface area contributed by atoms with Crippen LogP contribution < -0.4 is 4.90 Å². The number of rotatable bonds is 2. The summed E-state index contributed by atoms with van der Waals surface area (Å²) in [5.41, 5.74) is 2.14. The number of ether oxygens (including phenoxy) is 1. The molecule has 2 bridgehead atoms. The summed E-state index contributed by atoms with van der Waals surface area (Å²) >= 11 is 3.50. The minimum Gasteiger partial charge on any atom is -0.392 e. The fraction of sp³-hybridized carbons (Fsp3) is 0.538. The predicted molar refractivity (Wildman–Crippen MR) is 70.2 cm³/mol. The van der Waals surface area contributed by atoms with E-state index in [4.69, 9.17) is 4.74 Å². The lowest BCUT2D eigenvalue weighted by Gasteiger charge is -2.35. The normalized spacial score (nSPS) is 27.5. The van der Waals surface area contributed by atoms with E-state index in [1.165, 1.54) is 12.8 Å². The second-order valence-corrected chi connectivity index (χ2v) is 5.71. The van der Waals surface area contributed by atoms with E-state index in [0.29, 0.717) is 12.2 Å². The third kappa shape index (κ3) is 2.21. The highest BCUT2D eigenvalue weighted by Gasteiger charge is 2.34. The molecule has 0 saturated carbocycles. The van der Waals surface area contributed by atoms with Gasteiger partial charge in [-0.2, -0.15) is 0 Å². The number of anilines is 1. The average molecular weight is 298 g/mol. The molecule has 2 atom stereocenters. The second kappa shape index (κ2) is 4.59. The molecule has 1 aromatic carbocycles. The molecule has 2 saturated heterocycles. The number of hydrogen-bond acceptors (Lipinski definition) is 3. The highest BCUT2D eigenvalue weighted by molar-refractivity contribution is 9.10. The number of aliphatic hydroxyl groups excluding tert-OH is 1. The molecule has 17 heavy (non-hydrogen) atoms. The summed E-state index contributed by atoms with van der Waals surface area (Å²) in [5, 5.41) is 9.41. The number of benzene rings is 1. The van der Waals surface area contributed by atoms with Gasteiger partial charge in [-0.25, -0.2) is 0 Å². The molecule has 3 nitrogen and oxygen atoms in total. The fourth-order valence-electron chi connectivity index (χ4n) is 2.78. The summed E-state index contributed by atoms with van der Waals surface area (Å²) in [4.78, 5) is 2.35. The van der Waals surface area contributed by atoms with Gasteiger partial charge in [0.1, 0.15) is 0 Å². The first kappa shape index (κ1) is 11.5. The first-order valence-corrected chi connectivity index (χ1v) is 6.85. The summed E-state index contributed by atoms with van der Waals surface area (Å²) < 4.78 is 6.90. The molecular weight excluding hydrogens is 282 g/mol. The number of halogens is 1. The van der Waals surface area contributed by atoms with E-state index in [1.54, 1.807) is 0 Å². The quantitative estimate of drug-likeness (QED) is 0.909. The lowest BCUT2D eigenvalue weighted by Crippen LogP contribution is -2.43. The zero-order valence-electron chi connectivity index (χ0n) is 9.60. The Hall–Kier alpha value is -0.580. The van der Waals surface area contributed by atoms with Crippen molar-refractivity contribution in [1.29, 1.82) is 0 Å². The van der Waals surface area contributed by atoms with E-state index in [9.17, 15) is 5.11 Å². The Morgan fingerprint density at radius 3 is 2.65 bits per heavy atom. The van der Waals surface area contributed by atoms with Gasteiger partial charge in [-0.3, -0.25) is 0 Å². The van der Waals surface area contributed by atoms with Gasteiger partial charge in [0.15, 0.2) is 0 Å². The van der Waals surface area contributed by atoms with Gasteiger partial charge in [-0.1, -0.05) is 22.0 Å². The Morgan fingerprint density at radius 1 is 1.29 bits per heavy atom. The van der Waals surface area contributed by atoms with Crippen molar-refractivity contribution in [1.82, 2.24) is 0 Å². The van der Waals surface area contributed by atoms with Gasteiger partial charge in [0.05, 0.1) is 18.8 Å². The largest absolute Gasteiger partial charge is 0.392 e. The Kier molecular flexibility index (Phi) is 3.11. The van der Waals surface area contributed by atoms with E-state index in [2.05, 4.69) is 26.9 Å². The summed E-state index contributed by atoms with van der Waals surface area (Å²) in [6.07, 6.45) is 3.09. The molecule has 0 amide bonds. The maximum Gasteiger partial charge on any atom is 0.0755 e. The van der Waals surface area contributed by atoms with E-state index in [-0.39, 0.29) is 6.61 Å². The molecule has 0 aliphatic carbocycles. The first-order valence-electron chi connectivity index (χ1n) is 6.06. The van der Waals surface area contributed by atoms with Crippen LogP contribution in [0.4, 0.5) is 5.69 Å². The van der Waals surface area contributed by atoms with Crippen LogP contribution in [-0.2, 0) is 11.3 Å². The summed E-state index contributed by atoms with van der Waals surface area (Å²) in [6.45, 7) is 1.98. The third-order valence-electron chi connectivity index (χ3n) is 3.60. The Bertz CT molecular complexity index is 412. The molecule has 1 N–H and O–H groups in total. The van der Waals surface area contributed by atoms with Gasteiger partial charge in [-0.15, -0.1) is 0 Å². The average Bonchev–Trinajstić information content (AvgIpc) is 2.68. The van der Waals surface area contributed by atoms with Crippen molar-refractivity contribution in [2.45, 2.75) is 31.7 Å². The fourth-order valence-corrected chi connectivity index (χ4v) is 3.13. The highest BCUT2D eigenvalue weighted by atomic mass is 79.9. The molecule has 4 heteroatoms. The van der Waals surface area contributed by atoms with Crippen molar-refractivity contribution in [3.8, 4) is 0 Å². The predicted octanol–water partition coefficient (Wildman–Crippen LogP) is 2.31. The lowest BCUT2D eigenvalue weighted by molar-refractivity contribution is 0.0303. The van der Waals surface area contributed by atoms with Gasteiger partial charge in [0.2, 0.25) is 0 Å². The van der Waals surface area contributed by atoms with Crippen LogP contribution in [0.5, 0.6) is 0 Å². The van der Waals surface area contributed by atoms with Gasteiger partial charge in [0, 0.05) is 28.8 Å². The van der Waals surface area contributed by atoms with E-state index in [0.717, 1.165) is 28.8 Å². The van der Waals surface area contributed by atoms with Crippen LogP contribution in [0, 0.1) is 0 Å². The lowest BCUT2D eigenvalue weighted by atomic mass is 10.1. The molecule has 2 heterocycles. The number of fused-ring (bicyclic) bond motifs is 2. The molecular formula is C13H16BrNO2. The molecule has 2 fully saturated rings. The number of hydrogen-bond donors (Lipinski definition) is 1. The highest BCUT2D eigenvalue weighted by Crippen LogP contribution is 2.32. The van der Waals surface area contributed by atoms with E-state index < -0.39 is 0 Å².